The van der Waals surface area contributed by atoms with Gasteiger partial charge < -0.3 is 14.6 Å². The highest BCUT2D eigenvalue weighted by molar-refractivity contribution is 7.99. The maximum absolute atomic E-state index is 12.8. The second-order valence-electron chi connectivity index (χ2n) is 6.84. The topological polar surface area (TPSA) is 69.0 Å². The number of nitrogens with zero attached hydrogens (tertiary/aromatic N) is 3. The molecule has 12 heteroatoms. The molecule has 3 aromatic rings. The van der Waals surface area contributed by atoms with Crippen LogP contribution >= 0.6 is 35.0 Å². The van der Waals surface area contributed by atoms with Crippen molar-refractivity contribution in [1.29, 1.82) is 0 Å². The minimum Gasteiger partial charge on any atom is -0.481 e. The largest absolute Gasteiger partial charge is 0.481 e. The number of carbonyl (C=O) groups is 1. The first-order chi connectivity index (χ1) is 15.6. The average molecular weight is 519 g/mol. The van der Waals surface area contributed by atoms with Crippen molar-refractivity contribution in [2.45, 2.75) is 37.8 Å². The number of hydrogen-bond acceptors (Lipinski definition) is 5. The summed E-state index contributed by atoms with van der Waals surface area (Å²) in [4.78, 5) is 12.3. The predicted molar refractivity (Wildman–Crippen MR) is 122 cm³/mol. The molecule has 0 fully saturated rings. The van der Waals surface area contributed by atoms with Crippen LogP contribution in [0, 0.1) is 0 Å². The first-order valence-corrected chi connectivity index (χ1v) is 11.5. The Morgan fingerprint density at radius 1 is 1.21 bits per heavy atom. The van der Waals surface area contributed by atoms with Gasteiger partial charge in [0.15, 0.2) is 17.1 Å². The predicted octanol–water partition coefficient (Wildman–Crippen LogP) is 6.49. The molecule has 0 aliphatic carbocycles. The van der Waals surface area contributed by atoms with Crippen molar-refractivity contribution in [3.05, 3.63) is 63.9 Å². The fourth-order valence-electron chi connectivity index (χ4n) is 2.92. The molecule has 0 bridgehead atoms. The molecule has 1 aromatic heterocycles. The van der Waals surface area contributed by atoms with Crippen LogP contribution in [0.15, 0.2) is 47.6 Å². The Balaban J connectivity index is 1.64. The quantitative estimate of drug-likeness (QED) is 0.345. The minimum atomic E-state index is -4.49. The molecule has 2 aromatic carbocycles. The molecule has 1 unspecified atom stereocenters. The smallest absolute Gasteiger partial charge is 0.416 e. The van der Waals surface area contributed by atoms with E-state index in [1.807, 2.05) is 6.92 Å². The molecule has 33 heavy (non-hydrogen) atoms. The first-order valence-electron chi connectivity index (χ1n) is 9.73. The number of thioether (sulfide) groups is 1. The van der Waals surface area contributed by atoms with Gasteiger partial charge in [-0.2, -0.15) is 13.2 Å². The highest BCUT2D eigenvalue weighted by Crippen LogP contribution is 2.32. The molecule has 1 atom stereocenters. The van der Waals surface area contributed by atoms with E-state index < -0.39 is 23.8 Å². The number of carbonyl (C=O) groups excluding carboxylic acids is 1. The Morgan fingerprint density at radius 3 is 2.64 bits per heavy atom. The lowest BCUT2D eigenvalue weighted by atomic mass is 10.2. The molecular formula is C21H19Cl2F3N4O2S. The third-order valence-electron chi connectivity index (χ3n) is 4.43. The van der Waals surface area contributed by atoms with Crippen molar-refractivity contribution >= 4 is 46.6 Å². The monoisotopic (exact) mass is 518 g/mol. The van der Waals surface area contributed by atoms with Gasteiger partial charge in [0, 0.05) is 17.3 Å². The summed E-state index contributed by atoms with van der Waals surface area (Å²) < 4.78 is 46.2. The third kappa shape index (κ3) is 6.55. The third-order valence-corrected chi connectivity index (χ3v) is 5.93. The van der Waals surface area contributed by atoms with E-state index in [2.05, 4.69) is 15.5 Å². The molecule has 0 aliphatic heterocycles. The zero-order valence-corrected chi connectivity index (χ0v) is 19.8. The Hall–Kier alpha value is -2.43. The molecule has 1 heterocycles. The summed E-state index contributed by atoms with van der Waals surface area (Å²) >= 11 is 13.2. The Morgan fingerprint density at radius 2 is 1.97 bits per heavy atom. The summed E-state index contributed by atoms with van der Waals surface area (Å²) in [6.07, 6.45) is -4.98. The molecule has 0 aliphatic rings. The van der Waals surface area contributed by atoms with Crippen molar-refractivity contribution in [1.82, 2.24) is 14.8 Å². The molecule has 6 nitrogen and oxygen atoms in total. The molecule has 0 saturated carbocycles. The molecule has 0 radical (unpaired) electrons. The van der Waals surface area contributed by atoms with Gasteiger partial charge in [0.25, 0.3) is 0 Å². The normalized spacial score (nSPS) is 12.5. The van der Waals surface area contributed by atoms with Gasteiger partial charge in [-0.25, -0.2) is 0 Å². The van der Waals surface area contributed by atoms with E-state index in [9.17, 15) is 18.0 Å². The summed E-state index contributed by atoms with van der Waals surface area (Å²) in [6, 6.07) is 9.34. The summed E-state index contributed by atoms with van der Waals surface area (Å²) in [7, 11) is 0. The Labute approximate surface area is 202 Å². The van der Waals surface area contributed by atoms with E-state index in [1.165, 1.54) is 12.1 Å². The first kappa shape index (κ1) is 25.2. The zero-order valence-electron chi connectivity index (χ0n) is 17.5. The summed E-state index contributed by atoms with van der Waals surface area (Å²) in [6.45, 7) is 4.19. The second-order valence-corrected chi connectivity index (χ2v) is 8.62. The number of nitrogens with one attached hydrogen (secondary N) is 1. The molecule has 1 amide bonds. The fraction of sp³-hybridized carbons (Fsp3) is 0.286. The molecule has 0 saturated heterocycles. The van der Waals surface area contributed by atoms with Crippen LogP contribution in [0.25, 0.3) is 0 Å². The van der Waals surface area contributed by atoms with Crippen LogP contribution in [0.5, 0.6) is 5.75 Å². The number of alkyl halides is 3. The van der Waals surface area contributed by atoms with E-state index in [1.54, 1.807) is 29.7 Å². The van der Waals surface area contributed by atoms with Crippen molar-refractivity contribution in [3.8, 4) is 5.75 Å². The standard InChI is InChI=1S/C21H19Cl2F3N4O2S/c1-3-30-19(12(2)32-17-8-7-14(22)10-16(17)23)28-29-20(30)33-11-18(31)27-15-6-4-5-13(9-15)21(24,25)26/h4-10,12H,3,11H2,1-2H3,(H,27,31). The van der Waals surface area contributed by atoms with Gasteiger partial charge >= 0.3 is 6.18 Å². The van der Waals surface area contributed by atoms with Crippen LogP contribution in [-0.2, 0) is 17.5 Å². The molecule has 1 N–H and O–H groups in total. The lowest BCUT2D eigenvalue weighted by molar-refractivity contribution is -0.137. The summed E-state index contributed by atoms with van der Waals surface area (Å²) in [5.41, 5.74) is -0.770. The van der Waals surface area contributed by atoms with Crippen LogP contribution in [0.2, 0.25) is 10.0 Å². The molecule has 0 spiro atoms. The van der Waals surface area contributed by atoms with Crippen LogP contribution < -0.4 is 10.1 Å². The number of rotatable bonds is 8. The van der Waals surface area contributed by atoms with E-state index in [4.69, 9.17) is 27.9 Å². The minimum absolute atomic E-state index is 0.0629. The van der Waals surface area contributed by atoms with E-state index in [0.717, 1.165) is 23.9 Å². The van der Waals surface area contributed by atoms with Crippen molar-refractivity contribution in [3.63, 3.8) is 0 Å². The van der Waals surface area contributed by atoms with E-state index in [-0.39, 0.29) is 11.4 Å². The van der Waals surface area contributed by atoms with Crippen molar-refractivity contribution < 1.29 is 22.7 Å². The van der Waals surface area contributed by atoms with Crippen LogP contribution in [-0.4, -0.2) is 26.4 Å². The number of amides is 1. The second kappa shape index (κ2) is 10.7. The summed E-state index contributed by atoms with van der Waals surface area (Å²) in [5.74, 6) is 0.439. The highest BCUT2D eigenvalue weighted by atomic mass is 35.5. The molecule has 176 valence electrons. The average Bonchev–Trinajstić information content (AvgIpc) is 3.17. The molecule has 3 rings (SSSR count). The number of anilines is 1. The van der Waals surface area contributed by atoms with Crippen LogP contribution in [0.1, 0.15) is 31.3 Å². The van der Waals surface area contributed by atoms with E-state index in [0.29, 0.717) is 33.3 Å². The number of aromatic nitrogens is 3. The van der Waals surface area contributed by atoms with Gasteiger partial charge in [0.1, 0.15) is 5.75 Å². The lowest BCUT2D eigenvalue weighted by Gasteiger charge is -2.16. The zero-order chi connectivity index (χ0) is 24.2. The number of halogens is 5. The molecular weight excluding hydrogens is 500 g/mol. The van der Waals surface area contributed by atoms with Gasteiger partial charge in [0.2, 0.25) is 5.91 Å². The van der Waals surface area contributed by atoms with Gasteiger partial charge in [-0.1, -0.05) is 41.0 Å². The van der Waals surface area contributed by atoms with Crippen LogP contribution in [0.3, 0.4) is 0 Å². The van der Waals surface area contributed by atoms with Gasteiger partial charge in [-0.15, -0.1) is 10.2 Å². The Bertz CT molecular complexity index is 1140. The van der Waals surface area contributed by atoms with Crippen molar-refractivity contribution in [2.75, 3.05) is 11.1 Å². The SMILES string of the molecule is CCn1c(SCC(=O)Nc2cccc(C(F)(F)F)c2)nnc1C(C)Oc1ccc(Cl)cc1Cl. The maximum Gasteiger partial charge on any atom is 0.416 e. The van der Waals surface area contributed by atoms with Gasteiger partial charge in [-0.3, -0.25) is 4.79 Å². The van der Waals surface area contributed by atoms with Crippen LogP contribution in [0.4, 0.5) is 18.9 Å². The Kier molecular flexibility index (Phi) is 8.14. The van der Waals surface area contributed by atoms with Gasteiger partial charge in [-0.05, 0) is 50.2 Å². The highest BCUT2D eigenvalue weighted by Gasteiger charge is 2.30. The maximum atomic E-state index is 12.8. The van der Waals surface area contributed by atoms with E-state index >= 15 is 0 Å². The number of benzene rings is 2. The summed E-state index contributed by atoms with van der Waals surface area (Å²) in [5, 5.41) is 12.1. The lowest BCUT2D eigenvalue weighted by Crippen LogP contribution is -2.16. The van der Waals surface area contributed by atoms with Gasteiger partial charge in [0.05, 0.1) is 16.3 Å². The fourth-order valence-corrected chi connectivity index (χ4v) is 4.18. The van der Waals surface area contributed by atoms with Crippen molar-refractivity contribution in [2.24, 2.45) is 0 Å². The number of hydrogen-bond donors (Lipinski definition) is 1. The number of ether oxygens (including phenoxy) is 1.